The summed E-state index contributed by atoms with van der Waals surface area (Å²) >= 11 is 0. The number of aliphatic hydroxyl groups is 1. The average molecular weight is 454 g/mol. The quantitative estimate of drug-likeness (QED) is 0.558. The number of nitriles is 1. The lowest BCUT2D eigenvalue weighted by molar-refractivity contribution is 0.0825. The number of ether oxygens (including phenoxy) is 1. The van der Waals surface area contributed by atoms with Gasteiger partial charge in [-0.25, -0.2) is 4.98 Å². The van der Waals surface area contributed by atoms with Gasteiger partial charge in [-0.3, -0.25) is 4.90 Å². The average Bonchev–Trinajstić information content (AvgIpc) is 3.44. The van der Waals surface area contributed by atoms with Crippen LogP contribution in [0.15, 0.2) is 72.4 Å². The zero-order valence-electron chi connectivity index (χ0n) is 19.1. The second-order valence-electron chi connectivity index (χ2n) is 9.40. The first-order chi connectivity index (χ1) is 16.6. The first-order valence-electron chi connectivity index (χ1n) is 11.8. The van der Waals surface area contributed by atoms with Crippen molar-refractivity contribution >= 4 is 16.5 Å². The van der Waals surface area contributed by atoms with Gasteiger partial charge in [-0.1, -0.05) is 24.3 Å². The van der Waals surface area contributed by atoms with Crippen LogP contribution in [0.5, 0.6) is 5.75 Å². The lowest BCUT2D eigenvalue weighted by Crippen LogP contribution is -2.43. The normalized spacial score (nSPS) is 24.9. The maximum atomic E-state index is 11.3. The molecule has 2 aliphatic heterocycles. The Morgan fingerprint density at radius 2 is 2.12 bits per heavy atom. The molecule has 3 unspecified atom stereocenters. The molecule has 34 heavy (non-hydrogen) atoms. The SMILES string of the molecule is CN1Cc2cncn2CC2=CCC(C#N)C(=C2)Oc2ccc3cccc(c3c2)N2CCC1C2O. The maximum absolute atomic E-state index is 11.3. The zero-order valence-corrected chi connectivity index (χ0v) is 19.1. The number of anilines is 1. The number of rotatable bonds is 0. The summed E-state index contributed by atoms with van der Waals surface area (Å²) in [6.07, 6.45) is 8.75. The highest BCUT2D eigenvalue weighted by Crippen LogP contribution is 2.36. The van der Waals surface area contributed by atoms with Crippen molar-refractivity contribution in [3.63, 3.8) is 0 Å². The largest absolute Gasteiger partial charge is 0.460 e. The third kappa shape index (κ3) is 3.56. The first-order valence-corrected chi connectivity index (χ1v) is 11.8. The Morgan fingerprint density at radius 1 is 1.21 bits per heavy atom. The molecule has 0 amide bonds. The molecule has 1 fully saturated rings. The number of imidazole rings is 1. The van der Waals surface area contributed by atoms with Crippen molar-refractivity contribution < 1.29 is 9.84 Å². The van der Waals surface area contributed by atoms with E-state index in [9.17, 15) is 10.4 Å². The fraction of sp³-hybridized carbons (Fsp3) is 0.333. The molecule has 1 aromatic heterocycles. The van der Waals surface area contributed by atoms with Gasteiger partial charge in [0.2, 0.25) is 0 Å². The van der Waals surface area contributed by atoms with E-state index in [1.165, 1.54) is 0 Å². The highest BCUT2D eigenvalue weighted by molar-refractivity contribution is 5.95. The third-order valence-corrected chi connectivity index (χ3v) is 7.28. The molecule has 0 saturated carbocycles. The van der Waals surface area contributed by atoms with Gasteiger partial charge >= 0.3 is 0 Å². The number of aliphatic hydroxyl groups excluding tert-OH is 1. The van der Waals surface area contributed by atoms with E-state index in [4.69, 9.17) is 4.74 Å². The zero-order chi connectivity index (χ0) is 23.2. The summed E-state index contributed by atoms with van der Waals surface area (Å²) in [7, 11) is 2.07. The summed E-state index contributed by atoms with van der Waals surface area (Å²) in [6.45, 7) is 2.12. The molecule has 7 nitrogen and oxygen atoms in total. The van der Waals surface area contributed by atoms with Gasteiger partial charge in [-0.15, -0.1) is 0 Å². The van der Waals surface area contributed by atoms with Gasteiger partial charge in [0.05, 0.1) is 24.1 Å². The molecule has 3 heterocycles. The lowest BCUT2D eigenvalue weighted by Gasteiger charge is -2.31. The van der Waals surface area contributed by atoms with E-state index in [1.54, 1.807) is 0 Å². The van der Waals surface area contributed by atoms with Crippen LogP contribution >= 0.6 is 0 Å². The maximum Gasteiger partial charge on any atom is 0.142 e. The molecule has 3 aliphatic rings. The number of nitrogens with zero attached hydrogens (tertiary/aromatic N) is 5. The van der Waals surface area contributed by atoms with Gasteiger partial charge in [-0.2, -0.15) is 5.26 Å². The van der Waals surface area contributed by atoms with Crippen molar-refractivity contribution in [2.75, 3.05) is 18.5 Å². The highest BCUT2D eigenvalue weighted by atomic mass is 16.5. The van der Waals surface area contributed by atoms with Crippen molar-refractivity contribution in [2.45, 2.75) is 38.2 Å². The summed E-state index contributed by atoms with van der Waals surface area (Å²) in [4.78, 5) is 8.71. The summed E-state index contributed by atoms with van der Waals surface area (Å²) in [6, 6.07) is 14.6. The standard InChI is InChI=1S/C27H27N5O2/c1-30-16-21-14-29-17-31(21)15-18-5-6-20(13-28)26(11-18)34-22-8-7-19-3-2-4-24(23(19)12-22)32-10-9-25(30)27(32)33/h2-5,7-8,11-12,14,17,20,25,27,33H,6,9-10,15-16H2,1H3. The Labute approximate surface area is 198 Å². The Balaban J connectivity index is 1.49. The van der Waals surface area contributed by atoms with E-state index in [2.05, 4.69) is 50.7 Å². The van der Waals surface area contributed by atoms with E-state index in [1.807, 2.05) is 42.9 Å². The van der Waals surface area contributed by atoms with Crippen molar-refractivity contribution in [3.8, 4) is 11.8 Å². The number of fused-ring (bicyclic) bond motifs is 6. The molecule has 6 rings (SSSR count). The minimum atomic E-state index is -0.614. The third-order valence-electron chi connectivity index (χ3n) is 7.28. The van der Waals surface area contributed by atoms with Crippen LogP contribution in [0.1, 0.15) is 18.5 Å². The summed E-state index contributed by atoms with van der Waals surface area (Å²) in [5.41, 5.74) is 3.19. The summed E-state index contributed by atoms with van der Waals surface area (Å²) in [5.74, 6) is 1.05. The van der Waals surface area contributed by atoms with Crippen LogP contribution in [0.3, 0.4) is 0 Å². The summed E-state index contributed by atoms with van der Waals surface area (Å²) < 4.78 is 8.46. The predicted octanol–water partition coefficient (Wildman–Crippen LogP) is 3.81. The van der Waals surface area contributed by atoms with E-state index < -0.39 is 6.23 Å². The van der Waals surface area contributed by atoms with E-state index in [0.717, 1.165) is 40.7 Å². The molecular weight excluding hydrogens is 426 g/mol. The molecule has 1 N–H and O–H groups in total. The highest BCUT2D eigenvalue weighted by Gasteiger charge is 2.36. The van der Waals surface area contributed by atoms with Crippen LogP contribution in [0.25, 0.3) is 10.8 Å². The molecule has 0 spiro atoms. The van der Waals surface area contributed by atoms with Crippen molar-refractivity contribution in [1.29, 1.82) is 5.26 Å². The molecular formula is C27H27N5O2. The number of hydrogen-bond donors (Lipinski definition) is 1. The molecule has 6 bridgehead atoms. The fourth-order valence-corrected chi connectivity index (χ4v) is 5.40. The van der Waals surface area contributed by atoms with Crippen LogP contribution in [0.4, 0.5) is 5.69 Å². The van der Waals surface area contributed by atoms with Crippen LogP contribution < -0.4 is 9.64 Å². The smallest absolute Gasteiger partial charge is 0.142 e. The molecule has 3 atom stereocenters. The van der Waals surface area contributed by atoms with Gasteiger partial charge < -0.3 is 19.3 Å². The van der Waals surface area contributed by atoms with E-state index in [0.29, 0.717) is 31.0 Å². The molecule has 1 saturated heterocycles. The number of allylic oxidation sites excluding steroid dienone is 4. The number of benzene rings is 2. The fourth-order valence-electron chi connectivity index (χ4n) is 5.40. The molecule has 3 aromatic rings. The van der Waals surface area contributed by atoms with Crippen LogP contribution in [-0.4, -0.2) is 45.4 Å². The Hall–Kier alpha value is -3.60. The van der Waals surface area contributed by atoms with Gasteiger partial charge in [-0.05, 0) is 55.1 Å². The number of aromatic nitrogens is 2. The topological polar surface area (TPSA) is 77.5 Å². The minimum Gasteiger partial charge on any atom is -0.460 e. The van der Waals surface area contributed by atoms with Crippen molar-refractivity contribution in [1.82, 2.24) is 14.5 Å². The van der Waals surface area contributed by atoms with E-state index >= 15 is 0 Å². The Kier molecular flexibility index (Phi) is 5.13. The minimum absolute atomic E-state index is 0.0164. The van der Waals surface area contributed by atoms with Gasteiger partial charge in [0.25, 0.3) is 0 Å². The van der Waals surface area contributed by atoms with Crippen molar-refractivity contribution in [3.05, 3.63) is 78.1 Å². The van der Waals surface area contributed by atoms with Gasteiger partial charge in [0.15, 0.2) is 0 Å². The second-order valence-corrected chi connectivity index (χ2v) is 9.40. The molecule has 172 valence electrons. The molecule has 2 aromatic carbocycles. The molecule has 7 heteroatoms. The first kappa shape index (κ1) is 21.0. The molecule has 1 aliphatic carbocycles. The number of hydrogen-bond acceptors (Lipinski definition) is 6. The van der Waals surface area contributed by atoms with Gasteiger partial charge in [0.1, 0.15) is 23.7 Å². The van der Waals surface area contributed by atoms with Gasteiger partial charge in [0, 0.05) is 36.9 Å². The molecule has 0 radical (unpaired) electrons. The van der Waals surface area contributed by atoms with E-state index in [-0.39, 0.29) is 12.0 Å². The van der Waals surface area contributed by atoms with Crippen LogP contribution in [0.2, 0.25) is 0 Å². The second kappa shape index (κ2) is 8.32. The number of likely N-dealkylation sites (N-methyl/N-ethyl adjacent to an activating group) is 1. The Morgan fingerprint density at radius 3 is 3.00 bits per heavy atom. The predicted molar refractivity (Wildman–Crippen MR) is 130 cm³/mol. The Bertz CT molecular complexity index is 1350. The lowest BCUT2D eigenvalue weighted by atomic mass is 9.95. The van der Waals surface area contributed by atoms with Crippen molar-refractivity contribution in [2.24, 2.45) is 5.92 Å². The van der Waals surface area contributed by atoms with Crippen LogP contribution in [-0.2, 0) is 13.1 Å². The summed E-state index contributed by atoms with van der Waals surface area (Å²) in [5, 5.41) is 23.2. The monoisotopic (exact) mass is 453 g/mol. The van der Waals surface area contributed by atoms with Crippen LogP contribution in [0, 0.1) is 17.2 Å².